The fraction of sp³-hybridized carbons (Fsp3) is 0.348. The van der Waals surface area contributed by atoms with Crippen molar-refractivity contribution in [2.45, 2.75) is 37.8 Å². The molecule has 1 saturated heterocycles. The van der Waals surface area contributed by atoms with Crippen molar-refractivity contribution in [3.63, 3.8) is 0 Å². The molecule has 2 aliphatic heterocycles. The first-order valence-electron chi connectivity index (χ1n) is 9.71. The lowest BCUT2D eigenvalue weighted by Gasteiger charge is -2.42. The van der Waals surface area contributed by atoms with Crippen LogP contribution in [0.3, 0.4) is 0 Å². The number of hydrogen-bond acceptors (Lipinski definition) is 2. The summed E-state index contributed by atoms with van der Waals surface area (Å²) in [4.78, 5) is 7.44. The first kappa shape index (κ1) is 15.8. The van der Waals surface area contributed by atoms with Gasteiger partial charge in [0.25, 0.3) is 0 Å². The molecule has 3 heterocycles. The van der Waals surface area contributed by atoms with E-state index in [0.29, 0.717) is 0 Å². The number of nitrogens with zero attached hydrogens (tertiary/aromatic N) is 3. The van der Waals surface area contributed by atoms with E-state index in [2.05, 4.69) is 70.3 Å². The summed E-state index contributed by atoms with van der Waals surface area (Å²) >= 11 is 0. The van der Waals surface area contributed by atoms with Crippen LogP contribution in [0.15, 0.2) is 67.0 Å². The monoisotopic (exact) mass is 343 g/mol. The summed E-state index contributed by atoms with van der Waals surface area (Å²) in [5.74, 6) is 1.28. The van der Waals surface area contributed by atoms with E-state index in [-0.39, 0.29) is 5.41 Å². The molecule has 0 atom stereocenters. The summed E-state index contributed by atoms with van der Waals surface area (Å²) in [7, 11) is 0. The molecule has 0 aliphatic carbocycles. The Morgan fingerprint density at radius 1 is 0.885 bits per heavy atom. The van der Waals surface area contributed by atoms with Gasteiger partial charge in [0.1, 0.15) is 5.82 Å². The van der Waals surface area contributed by atoms with Gasteiger partial charge < -0.3 is 4.57 Å². The van der Waals surface area contributed by atoms with Crippen molar-refractivity contribution in [3.05, 3.63) is 89.5 Å². The first-order valence-corrected chi connectivity index (χ1v) is 9.71. The minimum Gasteiger partial charge on any atom is -0.334 e. The average Bonchev–Trinajstić information content (AvgIpc) is 3.13. The number of hydrogen-bond donors (Lipinski definition) is 0. The van der Waals surface area contributed by atoms with Crippen LogP contribution in [0.5, 0.6) is 0 Å². The third-order valence-electron chi connectivity index (χ3n) is 6.26. The van der Waals surface area contributed by atoms with Gasteiger partial charge in [0.15, 0.2) is 0 Å². The number of aryl methyl sites for hydroxylation is 2. The van der Waals surface area contributed by atoms with Gasteiger partial charge in [0.2, 0.25) is 0 Å². The van der Waals surface area contributed by atoms with Crippen molar-refractivity contribution in [1.29, 1.82) is 0 Å². The third-order valence-corrected chi connectivity index (χ3v) is 6.26. The largest absolute Gasteiger partial charge is 0.334 e. The highest BCUT2D eigenvalue weighted by molar-refractivity contribution is 5.42. The van der Waals surface area contributed by atoms with Crippen LogP contribution in [0.25, 0.3) is 0 Å². The molecule has 0 saturated carbocycles. The molecule has 0 radical (unpaired) electrons. The molecule has 1 fully saturated rings. The average molecular weight is 343 g/mol. The molecule has 26 heavy (non-hydrogen) atoms. The van der Waals surface area contributed by atoms with Crippen molar-refractivity contribution >= 4 is 0 Å². The second-order valence-corrected chi connectivity index (χ2v) is 7.70. The smallest absolute Gasteiger partial charge is 0.119 e. The Bertz CT molecular complexity index is 889. The van der Waals surface area contributed by atoms with E-state index in [4.69, 9.17) is 4.98 Å². The molecule has 3 heteroatoms. The highest BCUT2D eigenvalue weighted by Gasteiger charge is 2.43. The number of likely N-dealkylation sites (tertiary alicyclic amines) is 1. The molecule has 132 valence electrons. The molecule has 2 aliphatic rings. The van der Waals surface area contributed by atoms with E-state index < -0.39 is 0 Å². The van der Waals surface area contributed by atoms with Crippen molar-refractivity contribution in [2.75, 3.05) is 13.1 Å². The summed E-state index contributed by atoms with van der Waals surface area (Å²) in [5.41, 5.74) is 4.51. The summed E-state index contributed by atoms with van der Waals surface area (Å²) in [6.07, 6.45) is 7.55. The summed E-state index contributed by atoms with van der Waals surface area (Å²) in [6.45, 7) is 4.33. The number of rotatable bonds is 2. The molecule has 2 aromatic carbocycles. The lowest BCUT2D eigenvalue weighted by atomic mass is 9.70. The molecule has 1 spiro atoms. The Labute approximate surface area is 155 Å². The van der Waals surface area contributed by atoms with Crippen LogP contribution in [0.1, 0.15) is 35.4 Å². The molecular weight excluding hydrogens is 318 g/mol. The van der Waals surface area contributed by atoms with Gasteiger partial charge in [0.05, 0.1) is 5.41 Å². The highest BCUT2D eigenvalue weighted by Crippen LogP contribution is 2.44. The Morgan fingerprint density at radius 3 is 2.50 bits per heavy atom. The number of piperidine rings is 1. The maximum absolute atomic E-state index is 4.85. The van der Waals surface area contributed by atoms with Gasteiger partial charge in [-0.25, -0.2) is 4.98 Å². The van der Waals surface area contributed by atoms with Crippen LogP contribution in [0.2, 0.25) is 0 Å². The topological polar surface area (TPSA) is 21.1 Å². The van der Waals surface area contributed by atoms with Crippen molar-refractivity contribution in [3.8, 4) is 0 Å². The van der Waals surface area contributed by atoms with Crippen LogP contribution in [0, 0.1) is 0 Å². The van der Waals surface area contributed by atoms with Crippen LogP contribution in [-0.4, -0.2) is 27.5 Å². The Balaban J connectivity index is 1.47. The van der Waals surface area contributed by atoms with E-state index in [1.54, 1.807) is 0 Å². The van der Waals surface area contributed by atoms with Crippen LogP contribution in [-0.2, 0) is 24.9 Å². The zero-order valence-corrected chi connectivity index (χ0v) is 15.1. The van der Waals surface area contributed by atoms with E-state index >= 15 is 0 Å². The van der Waals surface area contributed by atoms with Crippen LogP contribution < -0.4 is 0 Å². The zero-order valence-electron chi connectivity index (χ0n) is 15.1. The van der Waals surface area contributed by atoms with E-state index in [9.17, 15) is 0 Å². The molecule has 0 unspecified atom stereocenters. The molecule has 1 aromatic heterocycles. The lowest BCUT2D eigenvalue weighted by molar-refractivity contribution is 0.166. The Kier molecular flexibility index (Phi) is 3.90. The third kappa shape index (κ3) is 2.58. The quantitative estimate of drug-likeness (QED) is 0.701. The predicted molar refractivity (Wildman–Crippen MR) is 104 cm³/mol. The zero-order chi connectivity index (χ0) is 17.4. The molecule has 0 amide bonds. The fourth-order valence-electron chi connectivity index (χ4n) is 4.90. The highest BCUT2D eigenvalue weighted by atomic mass is 15.1. The van der Waals surface area contributed by atoms with E-state index in [1.807, 2.05) is 6.20 Å². The molecule has 0 N–H and O–H groups in total. The Morgan fingerprint density at radius 2 is 1.65 bits per heavy atom. The van der Waals surface area contributed by atoms with Crippen LogP contribution >= 0.6 is 0 Å². The summed E-state index contributed by atoms with van der Waals surface area (Å²) < 4.78 is 2.40. The predicted octanol–water partition coefficient (Wildman–Crippen LogP) is 4.02. The minimum absolute atomic E-state index is 0.0732. The van der Waals surface area contributed by atoms with Crippen molar-refractivity contribution in [2.24, 2.45) is 0 Å². The minimum atomic E-state index is 0.0732. The summed E-state index contributed by atoms with van der Waals surface area (Å²) in [6, 6.07) is 19.9. The van der Waals surface area contributed by atoms with Gasteiger partial charge >= 0.3 is 0 Å². The second-order valence-electron chi connectivity index (χ2n) is 7.70. The maximum atomic E-state index is 4.85. The molecule has 3 nitrogen and oxygen atoms in total. The second kappa shape index (κ2) is 6.40. The van der Waals surface area contributed by atoms with Gasteiger partial charge in [-0.05, 0) is 49.0 Å². The molecule has 3 aromatic rings. The molecule has 0 bridgehead atoms. The number of aromatic nitrogens is 2. The molecule has 5 rings (SSSR count). The van der Waals surface area contributed by atoms with E-state index in [0.717, 1.165) is 45.4 Å². The van der Waals surface area contributed by atoms with Crippen molar-refractivity contribution < 1.29 is 0 Å². The van der Waals surface area contributed by atoms with E-state index in [1.165, 1.54) is 22.5 Å². The lowest BCUT2D eigenvalue weighted by Crippen LogP contribution is -2.44. The van der Waals surface area contributed by atoms with Crippen molar-refractivity contribution in [1.82, 2.24) is 14.5 Å². The number of imidazole rings is 1. The summed E-state index contributed by atoms with van der Waals surface area (Å²) in [5, 5.41) is 0. The van der Waals surface area contributed by atoms with Gasteiger partial charge in [-0.3, -0.25) is 4.90 Å². The maximum Gasteiger partial charge on any atom is 0.119 e. The standard InChI is InChI=1S/C23H25N3/c1-2-6-19(7-3-1)18-25-15-11-23(12-16-25)21-9-5-4-8-20(21)10-14-26-17-13-24-22(23)26/h1-9,13,17H,10-12,14-16,18H2. The Hall–Kier alpha value is -2.39. The molecular formula is C23H25N3. The van der Waals surface area contributed by atoms with Gasteiger partial charge in [-0.1, -0.05) is 54.6 Å². The number of fused-ring (bicyclic) bond motifs is 4. The van der Waals surface area contributed by atoms with Crippen LogP contribution in [0.4, 0.5) is 0 Å². The van der Waals surface area contributed by atoms with Gasteiger partial charge in [-0.15, -0.1) is 0 Å². The van der Waals surface area contributed by atoms with Gasteiger partial charge in [0, 0.05) is 25.5 Å². The SMILES string of the molecule is c1ccc(CN2CCC3(CC2)c2ccccc2CCn2ccnc23)cc1. The number of benzene rings is 2. The van der Waals surface area contributed by atoms with Gasteiger partial charge in [-0.2, -0.15) is 0 Å². The fourth-order valence-corrected chi connectivity index (χ4v) is 4.90. The normalized spacial score (nSPS) is 18.9. The first-order chi connectivity index (χ1) is 12.9.